The van der Waals surface area contributed by atoms with Crippen molar-refractivity contribution in [2.75, 3.05) is 32.7 Å². The van der Waals surface area contributed by atoms with Gasteiger partial charge in [-0.15, -0.1) is 0 Å². The summed E-state index contributed by atoms with van der Waals surface area (Å²) in [5.74, 6) is 0.337. The predicted molar refractivity (Wildman–Crippen MR) is 71.1 cm³/mol. The van der Waals surface area contributed by atoms with Crippen molar-refractivity contribution < 1.29 is 9.59 Å². The lowest BCUT2D eigenvalue weighted by Crippen LogP contribution is -2.40. The van der Waals surface area contributed by atoms with E-state index < -0.39 is 0 Å². The Balaban J connectivity index is 2.20. The van der Waals surface area contributed by atoms with Gasteiger partial charge in [-0.25, -0.2) is 0 Å². The number of nitrogens with one attached hydrogen (secondary N) is 2. The van der Waals surface area contributed by atoms with Crippen LogP contribution in [0.2, 0.25) is 0 Å². The van der Waals surface area contributed by atoms with Gasteiger partial charge >= 0.3 is 0 Å². The van der Waals surface area contributed by atoms with Gasteiger partial charge in [0.05, 0.1) is 0 Å². The molecule has 0 atom stereocenters. The number of nitrogens with zero attached hydrogens (tertiary/aromatic N) is 1. The fourth-order valence-corrected chi connectivity index (χ4v) is 2.26. The molecule has 0 spiro atoms. The van der Waals surface area contributed by atoms with Crippen LogP contribution in [0.5, 0.6) is 0 Å². The van der Waals surface area contributed by atoms with Gasteiger partial charge in [-0.2, -0.15) is 0 Å². The van der Waals surface area contributed by atoms with Crippen molar-refractivity contribution in [3.8, 4) is 0 Å². The summed E-state index contributed by atoms with van der Waals surface area (Å²) in [6, 6.07) is 0. The molecule has 104 valence electrons. The van der Waals surface area contributed by atoms with E-state index in [1.807, 2.05) is 13.8 Å². The van der Waals surface area contributed by atoms with Gasteiger partial charge in [0.25, 0.3) is 0 Å². The molecule has 1 rings (SSSR count). The zero-order valence-electron chi connectivity index (χ0n) is 11.5. The van der Waals surface area contributed by atoms with Crippen molar-refractivity contribution in [2.45, 2.75) is 33.1 Å². The molecule has 0 aliphatic carbocycles. The molecule has 0 aromatic rings. The van der Waals surface area contributed by atoms with Gasteiger partial charge < -0.3 is 15.5 Å². The summed E-state index contributed by atoms with van der Waals surface area (Å²) in [5, 5.41) is 6.11. The van der Waals surface area contributed by atoms with Crippen LogP contribution in [0.15, 0.2) is 0 Å². The first-order valence-corrected chi connectivity index (χ1v) is 6.95. The Labute approximate surface area is 109 Å². The lowest BCUT2D eigenvalue weighted by molar-refractivity contribution is -0.131. The van der Waals surface area contributed by atoms with Crippen LogP contribution in [-0.4, -0.2) is 49.4 Å². The van der Waals surface area contributed by atoms with Crippen molar-refractivity contribution in [3.63, 3.8) is 0 Å². The first-order chi connectivity index (χ1) is 8.69. The topological polar surface area (TPSA) is 61.4 Å². The van der Waals surface area contributed by atoms with E-state index in [2.05, 4.69) is 10.6 Å². The fraction of sp³-hybridized carbons (Fsp3) is 0.846. The second-order valence-corrected chi connectivity index (χ2v) is 4.63. The quantitative estimate of drug-likeness (QED) is 0.720. The number of hydrogen-bond donors (Lipinski definition) is 2. The zero-order chi connectivity index (χ0) is 13.4. The number of carbonyl (C=O) groups excluding carboxylic acids is 2. The molecule has 2 amide bonds. The normalized spacial score (nSPS) is 16.3. The highest BCUT2D eigenvalue weighted by Gasteiger charge is 2.20. The van der Waals surface area contributed by atoms with Crippen molar-refractivity contribution in [3.05, 3.63) is 0 Å². The zero-order valence-corrected chi connectivity index (χ0v) is 11.5. The number of amides is 2. The van der Waals surface area contributed by atoms with E-state index in [1.54, 1.807) is 4.90 Å². The third-order valence-electron chi connectivity index (χ3n) is 3.46. The highest BCUT2D eigenvalue weighted by atomic mass is 16.2. The molecule has 18 heavy (non-hydrogen) atoms. The second kappa shape index (κ2) is 8.08. The molecule has 1 aliphatic rings. The van der Waals surface area contributed by atoms with Gasteiger partial charge in [0.2, 0.25) is 11.8 Å². The van der Waals surface area contributed by atoms with Gasteiger partial charge in [-0.05, 0) is 39.8 Å². The van der Waals surface area contributed by atoms with Crippen LogP contribution in [0.25, 0.3) is 0 Å². The second-order valence-electron chi connectivity index (χ2n) is 4.63. The Bertz CT molecular complexity index is 271. The molecule has 0 unspecified atom stereocenters. The summed E-state index contributed by atoms with van der Waals surface area (Å²) in [6.45, 7) is 7.68. The van der Waals surface area contributed by atoms with Crippen LogP contribution in [0.1, 0.15) is 33.1 Å². The van der Waals surface area contributed by atoms with E-state index in [1.165, 1.54) is 0 Å². The maximum atomic E-state index is 11.8. The highest BCUT2D eigenvalue weighted by molar-refractivity contribution is 5.80. The highest BCUT2D eigenvalue weighted by Crippen LogP contribution is 2.11. The van der Waals surface area contributed by atoms with Crippen LogP contribution in [-0.2, 0) is 9.59 Å². The van der Waals surface area contributed by atoms with Crippen molar-refractivity contribution in [1.29, 1.82) is 0 Å². The van der Waals surface area contributed by atoms with Crippen molar-refractivity contribution in [1.82, 2.24) is 15.5 Å². The minimum Gasteiger partial charge on any atom is -0.355 e. The summed E-state index contributed by atoms with van der Waals surface area (Å²) in [6.07, 6.45) is 2.20. The van der Waals surface area contributed by atoms with Gasteiger partial charge in [0, 0.05) is 32.0 Å². The van der Waals surface area contributed by atoms with E-state index in [-0.39, 0.29) is 17.7 Å². The number of rotatable bonds is 6. The Morgan fingerprint density at radius 1 is 1.22 bits per heavy atom. The molecule has 1 fully saturated rings. The first kappa shape index (κ1) is 15.0. The fourth-order valence-electron chi connectivity index (χ4n) is 2.26. The van der Waals surface area contributed by atoms with Crippen molar-refractivity contribution >= 4 is 11.8 Å². The number of piperidine rings is 1. The molecule has 5 nitrogen and oxygen atoms in total. The van der Waals surface area contributed by atoms with Crippen LogP contribution >= 0.6 is 0 Å². The van der Waals surface area contributed by atoms with Gasteiger partial charge in [0.15, 0.2) is 0 Å². The Morgan fingerprint density at radius 3 is 2.39 bits per heavy atom. The molecule has 0 bridgehead atoms. The molecule has 1 saturated heterocycles. The van der Waals surface area contributed by atoms with E-state index in [0.717, 1.165) is 39.0 Å². The van der Waals surface area contributed by atoms with Crippen LogP contribution in [0, 0.1) is 5.92 Å². The predicted octanol–water partition coefficient (Wildman–Crippen LogP) is 0.361. The lowest BCUT2D eigenvalue weighted by Gasteiger charge is -2.22. The minimum absolute atomic E-state index is 0.101. The Hall–Kier alpha value is -1.10. The van der Waals surface area contributed by atoms with Crippen LogP contribution in [0.4, 0.5) is 0 Å². The molecule has 1 heterocycles. The summed E-state index contributed by atoms with van der Waals surface area (Å²) in [4.78, 5) is 25.3. The minimum atomic E-state index is 0.101. The SMILES string of the molecule is CCN(CC)C(=O)CCNC(=O)C1CCNCC1. The Morgan fingerprint density at radius 2 is 1.83 bits per heavy atom. The van der Waals surface area contributed by atoms with Crippen LogP contribution in [0.3, 0.4) is 0 Å². The molecule has 1 aliphatic heterocycles. The monoisotopic (exact) mass is 255 g/mol. The summed E-state index contributed by atoms with van der Waals surface area (Å²) in [5.41, 5.74) is 0. The number of hydrogen-bond acceptors (Lipinski definition) is 3. The van der Waals surface area contributed by atoms with Gasteiger partial charge in [-0.3, -0.25) is 9.59 Å². The Kier molecular flexibility index (Phi) is 6.72. The maximum absolute atomic E-state index is 11.8. The average Bonchev–Trinajstić information content (AvgIpc) is 2.41. The van der Waals surface area contributed by atoms with Gasteiger partial charge in [-0.1, -0.05) is 0 Å². The van der Waals surface area contributed by atoms with Crippen molar-refractivity contribution in [2.24, 2.45) is 5.92 Å². The third kappa shape index (κ3) is 4.64. The smallest absolute Gasteiger partial charge is 0.224 e. The average molecular weight is 255 g/mol. The molecule has 0 aromatic heterocycles. The summed E-state index contributed by atoms with van der Waals surface area (Å²) < 4.78 is 0. The molecular weight excluding hydrogens is 230 g/mol. The van der Waals surface area contributed by atoms with Crippen LogP contribution < -0.4 is 10.6 Å². The summed E-state index contributed by atoms with van der Waals surface area (Å²) >= 11 is 0. The lowest BCUT2D eigenvalue weighted by atomic mass is 9.97. The molecule has 0 saturated carbocycles. The van der Waals surface area contributed by atoms with E-state index in [0.29, 0.717) is 13.0 Å². The standard InChI is InChI=1S/C13H25N3O2/c1-3-16(4-2)12(17)7-10-15-13(18)11-5-8-14-9-6-11/h11,14H,3-10H2,1-2H3,(H,15,18). The van der Waals surface area contributed by atoms with E-state index in [9.17, 15) is 9.59 Å². The first-order valence-electron chi connectivity index (χ1n) is 6.95. The van der Waals surface area contributed by atoms with E-state index >= 15 is 0 Å². The molecule has 0 aromatic carbocycles. The molecule has 0 radical (unpaired) electrons. The van der Waals surface area contributed by atoms with E-state index in [4.69, 9.17) is 0 Å². The largest absolute Gasteiger partial charge is 0.355 e. The third-order valence-corrected chi connectivity index (χ3v) is 3.46. The molecular formula is C13H25N3O2. The molecule has 5 heteroatoms. The summed E-state index contributed by atoms with van der Waals surface area (Å²) in [7, 11) is 0. The number of carbonyl (C=O) groups is 2. The van der Waals surface area contributed by atoms with Gasteiger partial charge in [0.1, 0.15) is 0 Å². The maximum Gasteiger partial charge on any atom is 0.224 e. The molecule has 2 N–H and O–H groups in total.